The van der Waals surface area contributed by atoms with Crippen molar-refractivity contribution in [3.05, 3.63) is 29.6 Å². The second kappa shape index (κ2) is 7.98. The summed E-state index contributed by atoms with van der Waals surface area (Å²) in [6.45, 7) is 8.14. The molecular weight excluding hydrogens is 271 g/mol. The van der Waals surface area contributed by atoms with Crippen LogP contribution in [0.5, 0.6) is 5.75 Å². The lowest BCUT2D eigenvalue weighted by Gasteiger charge is -2.16. The molecule has 1 rings (SSSR count). The van der Waals surface area contributed by atoms with Crippen LogP contribution in [0.15, 0.2) is 18.2 Å². The van der Waals surface area contributed by atoms with Crippen LogP contribution in [0.4, 0.5) is 4.39 Å². The van der Waals surface area contributed by atoms with Crippen molar-refractivity contribution >= 4 is 5.91 Å². The van der Waals surface area contributed by atoms with Gasteiger partial charge >= 0.3 is 0 Å². The highest BCUT2D eigenvalue weighted by molar-refractivity contribution is 5.80. The highest BCUT2D eigenvalue weighted by Gasteiger charge is 2.16. The van der Waals surface area contributed by atoms with E-state index < -0.39 is 11.9 Å². The third-order valence-electron chi connectivity index (χ3n) is 3.18. The summed E-state index contributed by atoms with van der Waals surface area (Å²) in [5.41, 5.74) is 6.38. The third-order valence-corrected chi connectivity index (χ3v) is 3.18. The Morgan fingerprint density at radius 2 is 2.00 bits per heavy atom. The zero-order valence-electron chi connectivity index (χ0n) is 13.2. The van der Waals surface area contributed by atoms with E-state index in [1.165, 1.54) is 12.1 Å². The van der Waals surface area contributed by atoms with Gasteiger partial charge in [0.1, 0.15) is 0 Å². The first-order valence-corrected chi connectivity index (χ1v) is 7.30. The number of hydrogen-bond donors (Lipinski definition) is 2. The highest BCUT2D eigenvalue weighted by Crippen LogP contribution is 2.22. The smallest absolute Gasteiger partial charge is 0.260 e. The van der Waals surface area contributed by atoms with Crippen LogP contribution in [0.25, 0.3) is 0 Å². The first-order valence-electron chi connectivity index (χ1n) is 7.30. The number of ether oxygens (including phenoxy) is 1. The van der Waals surface area contributed by atoms with E-state index in [9.17, 15) is 9.18 Å². The van der Waals surface area contributed by atoms with Crippen molar-refractivity contribution in [2.24, 2.45) is 11.7 Å². The molecule has 0 heterocycles. The zero-order chi connectivity index (χ0) is 16.0. The molecule has 0 spiro atoms. The van der Waals surface area contributed by atoms with Gasteiger partial charge in [-0.2, -0.15) is 0 Å². The van der Waals surface area contributed by atoms with E-state index in [1.54, 1.807) is 19.9 Å². The molecule has 0 aliphatic rings. The topological polar surface area (TPSA) is 64.3 Å². The Hall–Kier alpha value is -1.62. The molecule has 5 heteroatoms. The van der Waals surface area contributed by atoms with Crippen LogP contribution in [0.1, 0.15) is 45.7 Å². The van der Waals surface area contributed by atoms with Crippen LogP contribution in [-0.4, -0.2) is 18.6 Å². The van der Waals surface area contributed by atoms with Crippen LogP contribution in [-0.2, 0) is 4.79 Å². The first-order chi connectivity index (χ1) is 9.81. The molecule has 0 fully saturated rings. The maximum Gasteiger partial charge on any atom is 0.260 e. The fraction of sp³-hybridized carbons (Fsp3) is 0.562. The number of carbonyl (C=O) groups is 1. The Balaban J connectivity index is 2.58. The van der Waals surface area contributed by atoms with Gasteiger partial charge in [0.25, 0.3) is 5.91 Å². The Bertz CT molecular complexity index is 475. The van der Waals surface area contributed by atoms with Gasteiger partial charge in [-0.3, -0.25) is 4.79 Å². The number of carbonyl (C=O) groups excluding carboxylic acids is 1. The minimum absolute atomic E-state index is 0.0610. The molecule has 0 aromatic heterocycles. The maximum absolute atomic E-state index is 13.9. The van der Waals surface area contributed by atoms with Gasteiger partial charge in [-0.25, -0.2) is 4.39 Å². The molecule has 118 valence electrons. The number of amides is 1. The summed E-state index contributed by atoms with van der Waals surface area (Å²) in [7, 11) is 0. The number of halogens is 1. The van der Waals surface area contributed by atoms with E-state index in [4.69, 9.17) is 10.5 Å². The normalized spacial score (nSPS) is 13.9. The van der Waals surface area contributed by atoms with E-state index in [-0.39, 0.29) is 17.7 Å². The lowest BCUT2D eigenvalue weighted by Crippen LogP contribution is -2.37. The minimum Gasteiger partial charge on any atom is -0.478 e. The predicted octanol–water partition coefficient (Wildman–Crippen LogP) is 2.78. The summed E-state index contributed by atoms with van der Waals surface area (Å²) in [5, 5.41) is 2.78. The third kappa shape index (κ3) is 5.71. The van der Waals surface area contributed by atoms with Crippen LogP contribution in [0.3, 0.4) is 0 Å². The molecule has 1 aromatic carbocycles. The quantitative estimate of drug-likeness (QED) is 0.813. The molecule has 1 aromatic rings. The van der Waals surface area contributed by atoms with E-state index in [2.05, 4.69) is 19.2 Å². The molecule has 0 saturated carbocycles. The monoisotopic (exact) mass is 296 g/mol. The lowest BCUT2D eigenvalue weighted by atomic mass is 10.1. The summed E-state index contributed by atoms with van der Waals surface area (Å²) >= 11 is 0. The predicted molar refractivity (Wildman–Crippen MR) is 81.6 cm³/mol. The van der Waals surface area contributed by atoms with Crippen molar-refractivity contribution < 1.29 is 13.9 Å². The number of rotatable bonds is 7. The second-order valence-corrected chi connectivity index (χ2v) is 5.71. The molecule has 21 heavy (non-hydrogen) atoms. The molecule has 1 unspecified atom stereocenters. The summed E-state index contributed by atoms with van der Waals surface area (Å²) in [4.78, 5) is 11.8. The lowest BCUT2D eigenvalue weighted by molar-refractivity contribution is -0.127. The molecule has 3 N–H and O–H groups in total. The molecule has 0 aliphatic heterocycles. The second-order valence-electron chi connectivity index (χ2n) is 5.71. The molecule has 2 atom stereocenters. The van der Waals surface area contributed by atoms with Crippen molar-refractivity contribution in [2.45, 2.75) is 46.3 Å². The van der Waals surface area contributed by atoms with Gasteiger partial charge in [-0.15, -0.1) is 0 Å². The average molecular weight is 296 g/mol. The summed E-state index contributed by atoms with van der Waals surface area (Å²) < 4.78 is 19.3. The maximum atomic E-state index is 13.9. The van der Waals surface area contributed by atoms with E-state index in [0.717, 1.165) is 6.42 Å². The minimum atomic E-state index is -0.743. The van der Waals surface area contributed by atoms with Crippen molar-refractivity contribution in [1.82, 2.24) is 5.32 Å². The number of benzene rings is 1. The summed E-state index contributed by atoms with van der Waals surface area (Å²) in [6.07, 6.45) is 0.156. The van der Waals surface area contributed by atoms with Crippen LogP contribution in [0.2, 0.25) is 0 Å². The summed E-state index contributed by atoms with van der Waals surface area (Å²) in [6, 6.07) is 4.30. The van der Waals surface area contributed by atoms with Gasteiger partial charge in [-0.1, -0.05) is 19.9 Å². The number of nitrogens with two attached hydrogens (primary N) is 1. The molecule has 0 saturated heterocycles. The summed E-state index contributed by atoms with van der Waals surface area (Å²) in [5.74, 6) is -0.173. The van der Waals surface area contributed by atoms with E-state index >= 15 is 0 Å². The van der Waals surface area contributed by atoms with Gasteiger partial charge in [0.15, 0.2) is 17.7 Å². The zero-order valence-corrected chi connectivity index (χ0v) is 13.2. The highest BCUT2D eigenvalue weighted by atomic mass is 19.1. The van der Waals surface area contributed by atoms with Gasteiger partial charge < -0.3 is 15.8 Å². The van der Waals surface area contributed by atoms with Gasteiger partial charge in [0, 0.05) is 12.6 Å². The van der Waals surface area contributed by atoms with Crippen molar-refractivity contribution in [1.29, 1.82) is 0 Å². The molecule has 0 aliphatic carbocycles. The van der Waals surface area contributed by atoms with E-state index in [1.807, 2.05) is 0 Å². The standard InChI is InChI=1S/C16H25FN2O2/c1-10(2)7-8-19-16(20)12(4)21-15-6-5-13(11(3)18)9-14(15)17/h5-6,9-12H,7-8,18H2,1-4H3,(H,19,20)/t11-,12?/m1/s1. The molecule has 1 amide bonds. The van der Waals surface area contributed by atoms with Crippen molar-refractivity contribution in [2.75, 3.05) is 6.54 Å². The first kappa shape index (κ1) is 17.4. The molecule has 0 radical (unpaired) electrons. The van der Waals surface area contributed by atoms with E-state index in [0.29, 0.717) is 18.0 Å². The Morgan fingerprint density at radius 3 is 2.52 bits per heavy atom. The molecule has 4 nitrogen and oxygen atoms in total. The largest absolute Gasteiger partial charge is 0.478 e. The molecule has 0 bridgehead atoms. The van der Waals surface area contributed by atoms with Crippen LogP contribution < -0.4 is 15.8 Å². The van der Waals surface area contributed by atoms with Crippen molar-refractivity contribution in [3.63, 3.8) is 0 Å². The Kier molecular flexibility index (Phi) is 6.62. The fourth-order valence-corrected chi connectivity index (χ4v) is 1.77. The number of nitrogens with one attached hydrogen (secondary N) is 1. The SMILES string of the molecule is CC(C)CCNC(=O)C(C)Oc1ccc([C@@H](C)N)cc1F. The van der Waals surface area contributed by atoms with Gasteiger partial charge in [-0.05, 0) is 43.9 Å². The van der Waals surface area contributed by atoms with Crippen LogP contribution in [0, 0.1) is 11.7 Å². The van der Waals surface area contributed by atoms with Crippen molar-refractivity contribution in [3.8, 4) is 5.75 Å². The molecular formula is C16H25FN2O2. The Morgan fingerprint density at radius 1 is 1.33 bits per heavy atom. The van der Waals surface area contributed by atoms with Gasteiger partial charge in [0.05, 0.1) is 0 Å². The fourth-order valence-electron chi connectivity index (χ4n) is 1.77. The van der Waals surface area contributed by atoms with Gasteiger partial charge in [0.2, 0.25) is 0 Å². The average Bonchev–Trinajstić information content (AvgIpc) is 2.40. The number of hydrogen-bond acceptors (Lipinski definition) is 3. The van der Waals surface area contributed by atoms with Crippen LogP contribution >= 0.6 is 0 Å². The Labute approximate surface area is 125 Å².